The molecular weight excluding hydrogens is 368 g/mol. The van der Waals surface area contributed by atoms with Crippen LogP contribution < -0.4 is 5.32 Å². The van der Waals surface area contributed by atoms with Crippen molar-refractivity contribution in [2.75, 3.05) is 13.2 Å². The lowest BCUT2D eigenvalue weighted by molar-refractivity contribution is -0.125. The van der Waals surface area contributed by atoms with Crippen LogP contribution in [0, 0.1) is 0 Å². The number of benzene rings is 1. The molecule has 27 heavy (non-hydrogen) atoms. The number of piperidine rings is 1. The Hall–Kier alpha value is -1.93. The number of carbonyl (C=O) groups is 2. The van der Waals surface area contributed by atoms with Crippen LogP contribution >= 0.6 is 0 Å². The van der Waals surface area contributed by atoms with Crippen LogP contribution in [0.1, 0.15) is 57.3 Å². The standard InChI is InChI=1S/C19H28N2O5S/c1-14-8-5-6-11-21(14)27(24,25)16-10-7-9-15(12-16)18(23)26-13-17(22)20-19(2,3)4/h7,9-10,12,14H,5-6,8,11,13H2,1-4H3,(H,20,22)/t14-/m0/s1. The fourth-order valence-corrected chi connectivity index (χ4v) is 4.76. The summed E-state index contributed by atoms with van der Waals surface area (Å²) in [6, 6.07) is 5.69. The van der Waals surface area contributed by atoms with Crippen LogP contribution in [0.2, 0.25) is 0 Å². The van der Waals surface area contributed by atoms with Gasteiger partial charge in [-0.25, -0.2) is 13.2 Å². The molecule has 1 heterocycles. The van der Waals surface area contributed by atoms with E-state index >= 15 is 0 Å². The molecule has 1 aliphatic heterocycles. The molecule has 0 saturated carbocycles. The molecule has 0 bridgehead atoms. The fraction of sp³-hybridized carbons (Fsp3) is 0.579. The van der Waals surface area contributed by atoms with E-state index in [1.165, 1.54) is 28.6 Å². The molecule has 8 heteroatoms. The van der Waals surface area contributed by atoms with Crippen LogP contribution in [0.15, 0.2) is 29.2 Å². The van der Waals surface area contributed by atoms with Gasteiger partial charge >= 0.3 is 5.97 Å². The van der Waals surface area contributed by atoms with Crippen molar-refractivity contribution in [2.45, 2.75) is 63.4 Å². The van der Waals surface area contributed by atoms with Gasteiger partial charge in [0, 0.05) is 18.1 Å². The van der Waals surface area contributed by atoms with Crippen molar-refractivity contribution < 1.29 is 22.7 Å². The summed E-state index contributed by atoms with van der Waals surface area (Å²) in [4.78, 5) is 24.1. The number of nitrogens with zero attached hydrogens (tertiary/aromatic N) is 1. The number of amides is 1. The number of sulfonamides is 1. The quantitative estimate of drug-likeness (QED) is 0.771. The molecule has 1 saturated heterocycles. The van der Waals surface area contributed by atoms with E-state index < -0.39 is 34.0 Å². The average Bonchev–Trinajstić information content (AvgIpc) is 2.58. The molecule has 1 aromatic rings. The third kappa shape index (κ3) is 5.77. The number of nitrogens with one attached hydrogen (secondary N) is 1. The molecule has 0 spiro atoms. The second-order valence-electron chi connectivity index (χ2n) is 7.86. The van der Waals surface area contributed by atoms with Gasteiger partial charge in [0.1, 0.15) is 0 Å². The largest absolute Gasteiger partial charge is 0.452 e. The zero-order chi connectivity index (χ0) is 20.2. The number of ether oxygens (including phenoxy) is 1. The van der Waals surface area contributed by atoms with Gasteiger partial charge in [-0.3, -0.25) is 4.79 Å². The highest BCUT2D eigenvalue weighted by molar-refractivity contribution is 7.89. The first-order valence-corrected chi connectivity index (χ1v) is 10.5. The molecule has 0 unspecified atom stereocenters. The summed E-state index contributed by atoms with van der Waals surface area (Å²) in [5.41, 5.74) is -0.327. The minimum absolute atomic E-state index is 0.0600. The molecule has 150 valence electrons. The van der Waals surface area contributed by atoms with Crippen molar-refractivity contribution in [3.8, 4) is 0 Å². The van der Waals surface area contributed by atoms with Gasteiger partial charge in [0.05, 0.1) is 10.5 Å². The SMILES string of the molecule is C[C@H]1CCCCN1S(=O)(=O)c1cccc(C(=O)OCC(=O)NC(C)(C)C)c1. The molecule has 0 aliphatic carbocycles. The Balaban J connectivity index is 2.10. The van der Waals surface area contributed by atoms with Crippen LogP contribution in [0.5, 0.6) is 0 Å². The van der Waals surface area contributed by atoms with E-state index in [-0.39, 0.29) is 16.5 Å². The first-order chi connectivity index (χ1) is 12.5. The molecular formula is C19H28N2O5S. The molecule has 1 amide bonds. The Morgan fingerprint density at radius 3 is 2.59 bits per heavy atom. The topological polar surface area (TPSA) is 92.8 Å². The second-order valence-corrected chi connectivity index (χ2v) is 9.75. The van der Waals surface area contributed by atoms with E-state index in [4.69, 9.17) is 4.74 Å². The molecule has 1 N–H and O–H groups in total. The van der Waals surface area contributed by atoms with Gasteiger partial charge in [-0.15, -0.1) is 0 Å². The van der Waals surface area contributed by atoms with E-state index in [9.17, 15) is 18.0 Å². The summed E-state index contributed by atoms with van der Waals surface area (Å²) in [5, 5.41) is 2.69. The van der Waals surface area contributed by atoms with E-state index in [2.05, 4.69) is 5.32 Å². The summed E-state index contributed by atoms with van der Waals surface area (Å²) in [7, 11) is -3.68. The summed E-state index contributed by atoms with van der Waals surface area (Å²) >= 11 is 0. The van der Waals surface area contributed by atoms with Crippen LogP contribution in [0.25, 0.3) is 0 Å². The van der Waals surface area contributed by atoms with E-state index in [1.54, 1.807) is 0 Å². The van der Waals surface area contributed by atoms with Crippen LogP contribution in [-0.4, -0.2) is 49.3 Å². The van der Waals surface area contributed by atoms with Crippen molar-refractivity contribution in [1.29, 1.82) is 0 Å². The third-order valence-corrected chi connectivity index (χ3v) is 6.28. The summed E-state index contributed by atoms with van der Waals surface area (Å²) in [5.74, 6) is -1.15. The number of rotatable bonds is 5. The molecule has 1 aliphatic rings. The van der Waals surface area contributed by atoms with Crippen molar-refractivity contribution in [3.63, 3.8) is 0 Å². The third-order valence-electron chi connectivity index (χ3n) is 4.27. The van der Waals surface area contributed by atoms with E-state index in [1.807, 2.05) is 27.7 Å². The van der Waals surface area contributed by atoms with Crippen LogP contribution in [-0.2, 0) is 19.6 Å². The van der Waals surface area contributed by atoms with Gasteiger partial charge in [-0.05, 0) is 58.7 Å². The maximum absolute atomic E-state index is 12.9. The lowest BCUT2D eigenvalue weighted by Crippen LogP contribution is -2.42. The van der Waals surface area contributed by atoms with Crippen molar-refractivity contribution >= 4 is 21.9 Å². The maximum atomic E-state index is 12.9. The number of carbonyl (C=O) groups excluding carboxylic acids is 2. The Bertz CT molecular complexity index is 799. The highest BCUT2D eigenvalue weighted by atomic mass is 32.2. The zero-order valence-corrected chi connectivity index (χ0v) is 17.1. The first kappa shape index (κ1) is 21.4. The van der Waals surface area contributed by atoms with Crippen LogP contribution in [0.3, 0.4) is 0 Å². The highest BCUT2D eigenvalue weighted by Crippen LogP contribution is 2.25. The summed E-state index contributed by atoms with van der Waals surface area (Å²) in [6.07, 6.45) is 2.66. The molecule has 1 fully saturated rings. The minimum atomic E-state index is -3.68. The van der Waals surface area contributed by atoms with Gasteiger partial charge in [0.15, 0.2) is 6.61 Å². The average molecular weight is 397 g/mol. The Labute approximate surface area is 161 Å². The number of hydrogen-bond donors (Lipinski definition) is 1. The first-order valence-electron chi connectivity index (χ1n) is 9.11. The highest BCUT2D eigenvalue weighted by Gasteiger charge is 2.31. The predicted molar refractivity (Wildman–Crippen MR) is 102 cm³/mol. The normalized spacial score (nSPS) is 18.7. The Kier molecular flexibility index (Phi) is 6.64. The second kappa shape index (κ2) is 8.39. The molecule has 0 aromatic heterocycles. The molecule has 0 radical (unpaired) electrons. The van der Waals surface area contributed by atoms with Gasteiger partial charge in [0.25, 0.3) is 5.91 Å². The Morgan fingerprint density at radius 1 is 1.26 bits per heavy atom. The minimum Gasteiger partial charge on any atom is -0.452 e. The van der Waals surface area contributed by atoms with Crippen molar-refractivity contribution in [1.82, 2.24) is 9.62 Å². The van der Waals surface area contributed by atoms with Crippen molar-refractivity contribution in [2.24, 2.45) is 0 Å². The molecule has 1 aromatic carbocycles. The van der Waals surface area contributed by atoms with Gasteiger partial charge in [-0.2, -0.15) is 4.31 Å². The van der Waals surface area contributed by atoms with E-state index in [0.717, 1.165) is 19.3 Å². The molecule has 1 atom stereocenters. The number of esters is 1. The number of hydrogen-bond acceptors (Lipinski definition) is 5. The lowest BCUT2D eigenvalue weighted by Gasteiger charge is -2.32. The predicted octanol–water partition coefficient (Wildman–Crippen LogP) is 2.32. The van der Waals surface area contributed by atoms with Crippen LogP contribution in [0.4, 0.5) is 0 Å². The Morgan fingerprint density at radius 2 is 1.96 bits per heavy atom. The van der Waals surface area contributed by atoms with E-state index in [0.29, 0.717) is 6.54 Å². The molecule has 7 nitrogen and oxygen atoms in total. The van der Waals surface area contributed by atoms with Crippen molar-refractivity contribution in [3.05, 3.63) is 29.8 Å². The smallest absolute Gasteiger partial charge is 0.338 e. The van der Waals surface area contributed by atoms with Gasteiger partial charge in [-0.1, -0.05) is 12.5 Å². The summed E-state index contributed by atoms with van der Waals surface area (Å²) in [6.45, 7) is 7.41. The van der Waals surface area contributed by atoms with Gasteiger partial charge < -0.3 is 10.1 Å². The summed E-state index contributed by atoms with van der Waals surface area (Å²) < 4.78 is 32.3. The monoisotopic (exact) mass is 396 g/mol. The maximum Gasteiger partial charge on any atom is 0.338 e. The van der Waals surface area contributed by atoms with Gasteiger partial charge in [0.2, 0.25) is 10.0 Å². The molecule has 2 rings (SSSR count). The lowest BCUT2D eigenvalue weighted by atomic mass is 10.1. The fourth-order valence-electron chi connectivity index (χ4n) is 3.02. The zero-order valence-electron chi connectivity index (χ0n) is 16.3.